The highest BCUT2D eigenvalue weighted by atomic mass is 35.5. The van der Waals surface area contributed by atoms with E-state index in [0.717, 1.165) is 12.8 Å². The number of aliphatic imine (C=N–C) groups is 2. The van der Waals surface area contributed by atoms with E-state index >= 15 is 0 Å². The smallest absolute Gasteiger partial charge is 0.222 e. The summed E-state index contributed by atoms with van der Waals surface area (Å²) < 4.78 is 12.1. The van der Waals surface area contributed by atoms with Gasteiger partial charge < -0.3 is 10.2 Å². The number of likely N-dealkylation sites (N-methyl/N-ethyl adjacent to an activating group) is 1. The molecule has 110 valence electrons. The number of hydrogen-bond acceptors (Lipinski definition) is 4. The minimum Gasteiger partial charge on any atom is -0.344 e. The molecule has 0 radical (unpaired) electrons. The van der Waals surface area contributed by atoms with Gasteiger partial charge in [0.2, 0.25) is 5.91 Å². The van der Waals surface area contributed by atoms with E-state index in [1.165, 1.54) is 0 Å². The Morgan fingerprint density at radius 1 is 1.50 bits per heavy atom. The number of carbonyl (C=O) groups excluding carboxylic acids is 1. The molecule has 0 aliphatic carbocycles. The van der Waals surface area contributed by atoms with Crippen molar-refractivity contribution >= 4 is 39.4 Å². The largest absolute Gasteiger partial charge is 0.344 e. The van der Waals surface area contributed by atoms with Gasteiger partial charge in [-0.1, -0.05) is 0 Å². The molecule has 4 atom stereocenters. The first-order valence-corrected chi connectivity index (χ1v) is 8.50. The van der Waals surface area contributed by atoms with Gasteiger partial charge in [0.1, 0.15) is 11.1 Å². The molecule has 3 aliphatic heterocycles. The number of rotatable bonds is 1. The van der Waals surface area contributed by atoms with Gasteiger partial charge in [0.25, 0.3) is 0 Å². The lowest BCUT2D eigenvalue weighted by Gasteiger charge is -2.30. The van der Waals surface area contributed by atoms with Gasteiger partial charge >= 0.3 is 0 Å². The fourth-order valence-electron chi connectivity index (χ4n) is 2.88. The predicted octanol–water partition coefficient (Wildman–Crippen LogP) is 0.0933. The van der Waals surface area contributed by atoms with Crippen molar-refractivity contribution in [2.75, 3.05) is 19.3 Å². The van der Waals surface area contributed by atoms with Crippen molar-refractivity contribution < 1.29 is 9.00 Å². The number of piperidine rings is 1. The summed E-state index contributed by atoms with van der Waals surface area (Å²) in [5, 5.41) is 3.12. The van der Waals surface area contributed by atoms with Crippen LogP contribution in [0.5, 0.6) is 0 Å². The maximum atomic E-state index is 12.1. The van der Waals surface area contributed by atoms with Gasteiger partial charge in [-0.15, -0.1) is 0 Å². The fraction of sp³-hybridized carbons (Fsp3) is 0.750. The molecule has 3 unspecified atom stereocenters. The van der Waals surface area contributed by atoms with E-state index in [9.17, 15) is 9.00 Å². The SMILES string of the molecule is CN1C[C@@H](N=C2NC(Cl)=NC3CCS(=O)C23)CCC1=O. The lowest BCUT2D eigenvalue weighted by atomic mass is 10.1. The van der Waals surface area contributed by atoms with E-state index < -0.39 is 10.8 Å². The Morgan fingerprint density at radius 2 is 2.30 bits per heavy atom. The van der Waals surface area contributed by atoms with E-state index in [4.69, 9.17) is 11.6 Å². The molecule has 1 amide bonds. The second kappa shape index (κ2) is 5.44. The van der Waals surface area contributed by atoms with Crippen molar-refractivity contribution in [3.05, 3.63) is 0 Å². The van der Waals surface area contributed by atoms with Crippen molar-refractivity contribution in [2.24, 2.45) is 9.98 Å². The zero-order chi connectivity index (χ0) is 14.3. The number of likely N-dealkylation sites (tertiary alicyclic amines) is 1. The van der Waals surface area contributed by atoms with Crippen LogP contribution >= 0.6 is 11.6 Å². The van der Waals surface area contributed by atoms with Crippen LogP contribution in [0.4, 0.5) is 0 Å². The van der Waals surface area contributed by atoms with Crippen LogP contribution in [0, 0.1) is 0 Å². The van der Waals surface area contributed by atoms with E-state index in [1.807, 2.05) is 0 Å². The minimum absolute atomic E-state index is 0.0220. The number of hydrogen-bond donors (Lipinski definition) is 1. The van der Waals surface area contributed by atoms with Crippen LogP contribution in [0.1, 0.15) is 19.3 Å². The first kappa shape index (κ1) is 14.0. The van der Waals surface area contributed by atoms with Gasteiger partial charge in [-0.2, -0.15) is 0 Å². The summed E-state index contributed by atoms with van der Waals surface area (Å²) in [6.45, 7) is 0.600. The first-order chi connectivity index (χ1) is 9.54. The molecular formula is C12H17ClN4O2S. The highest BCUT2D eigenvalue weighted by Crippen LogP contribution is 2.25. The van der Waals surface area contributed by atoms with Crippen LogP contribution in [0.2, 0.25) is 0 Å². The molecule has 0 bridgehead atoms. The molecule has 3 rings (SSSR count). The van der Waals surface area contributed by atoms with Crippen LogP contribution < -0.4 is 5.32 Å². The average molecular weight is 317 g/mol. The number of fused-ring (bicyclic) bond motifs is 1. The second-order valence-electron chi connectivity index (χ2n) is 5.39. The minimum atomic E-state index is -0.944. The molecule has 3 heterocycles. The summed E-state index contributed by atoms with van der Waals surface area (Å²) in [6.07, 6.45) is 2.03. The van der Waals surface area contributed by atoms with Crippen LogP contribution in [0.15, 0.2) is 9.98 Å². The van der Waals surface area contributed by atoms with Gasteiger partial charge in [0.15, 0.2) is 5.29 Å². The molecule has 3 aliphatic rings. The lowest BCUT2D eigenvalue weighted by molar-refractivity contribution is -0.132. The molecule has 6 nitrogen and oxygen atoms in total. The van der Waals surface area contributed by atoms with Gasteiger partial charge in [-0.3, -0.25) is 19.0 Å². The number of halogens is 1. The Balaban J connectivity index is 1.81. The van der Waals surface area contributed by atoms with Crippen LogP contribution in [0.25, 0.3) is 0 Å². The molecule has 8 heteroatoms. The summed E-state index contributed by atoms with van der Waals surface area (Å²) in [5.74, 6) is 1.48. The molecule has 2 fully saturated rings. The van der Waals surface area contributed by atoms with Gasteiger partial charge in [-0.25, -0.2) is 0 Å². The third kappa shape index (κ3) is 2.61. The van der Waals surface area contributed by atoms with Crippen molar-refractivity contribution in [1.82, 2.24) is 10.2 Å². The monoisotopic (exact) mass is 316 g/mol. The van der Waals surface area contributed by atoms with Gasteiger partial charge in [0, 0.05) is 36.6 Å². The molecule has 2 saturated heterocycles. The molecular weight excluding hydrogens is 300 g/mol. The average Bonchev–Trinajstić information content (AvgIpc) is 2.75. The quantitative estimate of drug-likeness (QED) is 0.697. The van der Waals surface area contributed by atoms with Gasteiger partial charge in [0.05, 0.1) is 12.1 Å². The zero-order valence-electron chi connectivity index (χ0n) is 11.2. The highest BCUT2D eigenvalue weighted by Gasteiger charge is 2.41. The number of carbonyl (C=O) groups is 1. The molecule has 0 aromatic heterocycles. The number of amides is 1. The van der Waals surface area contributed by atoms with Crippen molar-refractivity contribution in [3.63, 3.8) is 0 Å². The molecule has 1 N–H and O–H groups in total. The Labute approximate surface area is 125 Å². The number of nitrogens with one attached hydrogen (secondary N) is 1. The zero-order valence-corrected chi connectivity index (χ0v) is 12.8. The summed E-state index contributed by atoms with van der Waals surface area (Å²) in [6, 6.07) is 0.0207. The fourth-order valence-corrected chi connectivity index (χ4v) is 4.75. The number of amidine groups is 2. The third-order valence-corrected chi connectivity index (χ3v) is 5.88. The maximum Gasteiger partial charge on any atom is 0.222 e. The second-order valence-corrected chi connectivity index (χ2v) is 7.42. The van der Waals surface area contributed by atoms with E-state index in [1.54, 1.807) is 11.9 Å². The third-order valence-electron chi connectivity index (χ3n) is 3.95. The maximum absolute atomic E-state index is 12.1. The summed E-state index contributed by atoms with van der Waals surface area (Å²) >= 11 is 5.99. The number of nitrogens with zero attached hydrogens (tertiary/aromatic N) is 3. The Hall–Kier alpha value is -0.950. The van der Waals surface area contributed by atoms with E-state index in [-0.39, 0.29) is 23.2 Å². The van der Waals surface area contributed by atoms with Crippen molar-refractivity contribution in [1.29, 1.82) is 0 Å². The Kier molecular flexibility index (Phi) is 3.81. The molecule has 0 aromatic rings. The van der Waals surface area contributed by atoms with Crippen molar-refractivity contribution in [2.45, 2.75) is 36.6 Å². The Bertz CT molecular complexity index is 522. The standard InChI is InChI=1S/C12H17ClN4O2S/c1-17-6-7(2-3-9(17)18)14-11-10-8(4-5-20(10)19)15-12(13)16-11/h7-8,10H,2-6H2,1H3,(H,14,15,16)/t7-,8?,10?,20?/m0/s1. The summed E-state index contributed by atoms with van der Waals surface area (Å²) in [4.78, 5) is 22.2. The topological polar surface area (TPSA) is 74.1 Å². The normalized spacial score (nSPS) is 39.5. The summed E-state index contributed by atoms with van der Waals surface area (Å²) in [5.41, 5.74) is 0. The Morgan fingerprint density at radius 3 is 3.05 bits per heavy atom. The van der Waals surface area contributed by atoms with E-state index in [0.29, 0.717) is 29.8 Å². The van der Waals surface area contributed by atoms with Crippen molar-refractivity contribution in [3.8, 4) is 0 Å². The van der Waals surface area contributed by atoms with Crippen LogP contribution in [0.3, 0.4) is 0 Å². The molecule has 20 heavy (non-hydrogen) atoms. The molecule has 0 saturated carbocycles. The highest BCUT2D eigenvalue weighted by molar-refractivity contribution is 7.86. The van der Waals surface area contributed by atoms with E-state index in [2.05, 4.69) is 15.3 Å². The predicted molar refractivity (Wildman–Crippen MR) is 79.7 cm³/mol. The summed E-state index contributed by atoms with van der Waals surface area (Å²) in [7, 11) is 0.842. The first-order valence-electron chi connectivity index (χ1n) is 6.74. The molecule has 0 spiro atoms. The van der Waals surface area contributed by atoms with Crippen LogP contribution in [-0.2, 0) is 15.6 Å². The van der Waals surface area contributed by atoms with Gasteiger partial charge in [-0.05, 0) is 24.4 Å². The lowest BCUT2D eigenvalue weighted by Crippen LogP contribution is -2.49. The molecule has 0 aromatic carbocycles. The van der Waals surface area contributed by atoms with Crippen LogP contribution in [-0.4, -0.2) is 62.8 Å².